The van der Waals surface area contributed by atoms with E-state index in [1.54, 1.807) is 0 Å². The lowest BCUT2D eigenvalue weighted by atomic mass is 9.97. The van der Waals surface area contributed by atoms with Crippen molar-refractivity contribution < 1.29 is 15.0 Å². The molecule has 0 bridgehead atoms. The number of nitrogens with zero attached hydrogens (tertiary/aromatic N) is 3. The van der Waals surface area contributed by atoms with Crippen LogP contribution in [0.15, 0.2) is 36.4 Å². The molecule has 30 heavy (non-hydrogen) atoms. The van der Waals surface area contributed by atoms with Gasteiger partial charge in [-0.05, 0) is 58.3 Å². The number of hydrogen-bond donors (Lipinski definition) is 2. The zero-order valence-corrected chi connectivity index (χ0v) is 18.2. The first kappa shape index (κ1) is 22.7. The summed E-state index contributed by atoms with van der Waals surface area (Å²) in [6.45, 7) is 9.70. The van der Waals surface area contributed by atoms with Gasteiger partial charge in [0.05, 0.1) is 11.6 Å². The maximum atomic E-state index is 10.7. The summed E-state index contributed by atoms with van der Waals surface area (Å²) >= 11 is 0. The Hall–Kier alpha value is -2.02. The SMILES string of the molecule is CC(C)(CN1C[C@@H](Cc2ccc3ccccc3n2)[C@H](O)C1)N1CCCCC1.O=CO. The molecule has 6 nitrogen and oxygen atoms in total. The van der Waals surface area contributed by atoms with Crippen molar-refractivity contribution in [3.8, 4) is 0 Å². The second kappa shape index (κ2) is 10.3. The van der Waals surface area contributed by atoms with Crippen molar-refractivity contribution >= 4 is 17.4 Å². The van der Waals surface area contributed by atoms with Crippen LogP contribution < -0.4 is 0 Å². The second-order valence-electron chi connectivity index (χ2n) is 9.19. The largest absolute Gasteiger partial charge is 0.483 e. The van der Waals surface area contributed by atoms with E-state index >= 15 is 0 Å². The molecule has 2 N–H and O–H groups in total. The van der Waals surface area contributed by atoms with E-state index in [-0.39, 0.29) is 24.0 Å². The van der Waals surface area contributed by atoms with Gasteiger partial charge in [-0.3, -0.25) is 19.6 Å². The van der Waals surface area contributed by atoms with Gasteiger partial charge in [-0.2, -0.15) is 0 Å². The molecule has 2 aliphatic rings. The third-order valence-corrected chi connectivity index (χ3v) is 6.43. The topological polar surface area (TPSA) is 76.9 Å². The van der Waals surface area contributed by atoms with Crippen molar-refractivity contribution in [1.82, 2.24) is 14.8 Å². The first-order valence-electron chi connectivity index (χ1n) is 11.0. The molecule has 2 saturated heterocycles. The van der Waals surface area contributed by atoms with E-state index in [1.165, 1.54) is 37.7 Å². The van der Waals surface area contributed by atoms with Gasteiger partial charge < -0.3 is 10.2 Å². The van der Waals surface area contributed by atoms with Crippen LogP contribution in [0.2, 0.25) is 0 Å². The van der Waals surface area contributed by atoms with E-state index < -0.39 is 0 Å². The van der Waals surface area contributed by atoms with E-state index in [4.69, 9.17) is 14.9 Å². The fourth-order valence-electron chi connectivity index (χ4n) is 4.91. The number of pyridine rings is 1. The van der Waals surface area contributed by atoms with Gasteiger partial charge in [-0.15, -0.1) is 0 Å². The minimum absolute atomic E-state index is 0.177. The second-order valence-corrected chi connectivity index (χ2v) is 9.19. The molecule has 0 saturated carbocycles. The van der Waals surface area contributed by atoms with Gasteiger partial charge in [-0.25, -0.2) is 0 Å². The highest BCUT2D eigenvalue weighted by molar-refractivity contribution is 5.78. The van der Waals surface area contributed by atoms with Crippen molar-refractivity contribution in [2.45, 2.75) is 51.2 Å². The molecule has 0 aliphatic carbocycles. The number of hydrogen-bond acceptors (Lipinski definition) is 5. The van der Waals surface area contributed by atoms with Gasteiger partial charge in [-0.1, -0.05) is 30.7 Å². The van der Waals surface area contributed by atoms with Crippen LogP contribution in [0.25, 0.3) is 10.9 Å². The third-order valence-electron chi connectivity index (χ3n) is 6.43. The summed E-state index contributed by atoms with van der Waals surface area (Å²) in [6.07, 6.45) is 4.61. The number of benzene rings is 1. The smallest absolute Gasteiger partial charge is 0.290 e. The van der Waals surface area contributed by atoms with Crippen LogP contribution >= 0.6 is 0 Å². The third kappa shape index (κ3) is 5.78. The summed E-state index contributed by atoms with van der Waals surface area (Å²) in [5.41, 5.74) is 2.32. The highest BCUT2D eigenvalue weighted by Crippen LogP contribution is 2.27. The molecule has 3 heterocycles. The highest BCUT2D eigenvalue weighted by atomic mass is 16.3. The fraction of sp³-hybridized carbons (Fsp3) is 0.583. The number of rotatable bonds is 5. The van der Waals surface area contributed by atoms with Crippen LogP contribution in [0, 0.1) is 5.92 Å². The van der Waals surface area contributed by atoms with Crippen molar-refractivity contribution in [2.75, 3.05) is 32.7 Å². The Morgan fingerprint density at radius 1 is 1.10 bits per heavy atom. The monoisotopic (exact) mass is 413 g/mol. The van der Waals surface area contributed by atoms with Crippen LogP contribution in [0.1, 0.15) is 38.8 Å². The lowest BCUT2D eigenvalue weighted by Crippen LogP contribution is -2.53. The number of piperidine rings is 1. The summed E-state index contributed by atoms with van der Waals surface area (Å²) in [5.74, 6) is 0.274. The lowest BCUT2D eigenvalue weighted by molar-refractivity contribution is -0.122. The molecule has 0 amide bonds. The average molecular weight is 414 g/mol. The first-order chi connectivity index (χ1) is 14.4. The predicted molar refractivity (Wildman–Crippen MR) is 120 cm³/mol. The number of β-amino-alcohol motifs (C(OH)–C–C–N with tert-alkyl or cyclic N) is 1. The molecule has 1 aromatic heterocycles. The maximum Gasteiger partial charge on any atom is 0.290 e. The van der Waals surface area contributed by atoms with Crippen molar-refractivity contribution in [2.24, 2.45) is 5.92 Å². The van der Waals surface area contributed by atoms with Crippen molar-refractivity contribution in [1.29, 1.82) is 0 Å². The van der Waals surface area contributed by atoms with Crippen LogP contribution in [0.5, 0.6) is 0 Å². The quantitative estimate of drug-likeness (QED) is 0.734. The molecule has 0 radical (unpaired) electrons. The molecular formula is C24H35N3O3. The molecule has 2 atom stereocenters. The van der Waals surface area contributed by atoms with Crippen molar-refractivity contribution in [3.05, 3.63) is 42.1 Å². The first-order valence-corrected chi connectivity index (χ1v) is 11.0. The van der Waals surface area contributed by atoms with Gasteiger partial charge in [0.15, 0.2) is 0 Å². The molecule has 2 fully saturated rings. The standard InChI is InChI=1S/C23H33N3O.CH2O2/c1-23(2,26-12-6-3-7-13-26)17-25-15-19(22(27)16-25)14-20-11-10-18-8-4-5-9-21(18)24-20;2-1-3/h4-5,8-11,19,22,27H,3,6-7,12-17H2,1-2H3;1H,(H,2,3)/t19-,22-;/m1./s1. The zero-order chi connectivity index (χ0) is 21.6. The minimum Gasteiger partial charge on any atom is -0.483 e. The molecule has 2 aromatic rings. The van der Waals surface area contributed by atoms with E-state index in [9.17, 15) is 5.11 Å². The normalized spacial score (nSPS) is 23.2. The Morgan fingerprint density at radius 2 is 1.80 bits per heavy atom. The highest BCUT2D eigenvalue weighted by Gasteiger charge is 2.36. The van der Waals surface area contributed by atoms with Gasteiger partial charge >= 0.3 is 0 Å². The van der Waals surface area contributed by atoms with Gasteiger partial charge in [0.1, 0.15) is 0 Å². The molecule has 0 spiro atoms. The van der Waals surface area contributed by atoms with Crippen molar-refractivity contribution in [3.63, 3.8) is 0 Å². The Bertz CT molecular complexity index is 820. The fourth-order valence-corrected chi connectivity index (χ4v) is 4.91. The number of likely N-dealkylation sites (tertiary alicyclic amines) is 2. The molecule has 4 rings (SSSR count). The molecule has 6 heteroatoms. The number of aromatic nitrogens is 1. The summed E-state index contributed by atoms with van der Waals surface area (Å²) in [7, 11) is 0. The van der Waals surface area contributed by atoms with E-state index in [0.29, 0.717) is 0 Å². The Balaban J connectivity index is 0.000000806. The van der Waals surface area contributed by atoms with Gasteiger partial charge in [0.2, 0.25) is 0 Å². The Morgan fingerprint density at radius 3 is 2.53 bits per heavy atom. The minimum atomic E-state index is -0.254. The summed E-state index contributed by atoms with van der Waals surface area (Å²) < 4.78 is 0. The lowest BCUT2D eigenvalue weighted by Gasteiger charge is -2.43. The van der Waals surface area contributed by atoms with Crippen LogP contribution in [-0.4, -0.2) is 75.8 Å². The van der Waals surface area contributed by atoms with Crippen LogP contribution in [-0.2, 0) is 11.2 Å². The Labute approximate surface area is 179 Å². The van der Waals surface area contributed by atoms with Crippen LogP contribution in [0.3, 0.4) is 0 Å². The number of para-hydroxylation sites is 1. The number of carboxylic acid groups (broad SMARTS) is 1. The number of aliphatic hydroxyl groups excluding tert-OH is 1. The van der Waals surface area contributed by atoms with Crippen LogP contribution in [0.4, 0.5) is 0 Å². The average Bonchev–Trinajstić information content (AvgIpc) is 3.07. The van der Waals surface area contributed by atoms with E-state index in [1.807, 2.05) is 12.1 Å². The van der Waals surface area contributed by atoms with E-state index in [0.717, 1.165) is 37.3 Å². The van der Waals surface area contributed by atoms with Gasteiger partial charge in [0, 0.05) is 42.2 Å². The maximum absolute atomic E-state index is 10.7. The van der Waals surface area contributed by atoms with Gasteiger partial charge in [0.25, 0.3) is 6.47 Å². The summed E-state index contributed by atoms with van der Waals surface area (Å²) in [6, 6.07) is 12.5. The zero-order valence-electron chi connectivity index (χ0n) is 18.2. The number of aliphatic hydroxyl groups is 1. The summed E-state index contributed by atoms with van der Waals surface area (Å²) in [5, 5.41) is 18.7. The summed E-state index contributed by atoms with van der Waals surface area (Å²) in [4.78, 5) is 18.3. The molecule has 2 aliphatic heterocycles. The molecular weight excluding hydrogens is 378 g/mol. The van der Waals surface area contributed by atoms with E-state index in [2.05, 4.69) is 47.9 Å². The molecule has 164 valence electrons. The Kier molecular flexibility index (Phi) is 7.81. The number of carbonyl (C=O) groups is 1. The predicted octanol–water partition coefficient (Wildman–Crippen LogP) is 3.04. The number of fused-ring (bicyclic) bond motifs is 1. The molecule has 1 aromatic carbocycles. The molecule has 0 unspecified atom stereocenters.